The quantitative estimate of drug-likeness (QED) is 0.511. The van der Waals surface area contributed by atoms with Crippen LogP contribution in [0.5, 0.6) is 5.75 Å². The van der Waals surface area contributed by atoms with Crippen LogP contribution in [0.25, 0.3) is 6.08 Å². The molecule has 0 aliphatic heterocycles. The summed E-state index contributed by atoms with van der Waals surface area (Å²) in [7, 11) is 0. The lowest BCUT2D eigenvalue weighted by atomic mass is 10.1. The van der Waals surface area contributed by atoms with Crippen LogP contribution in [0.15, 0.2) is 54.6 Å². The molecule has 0 atom stereocenters. The first-order chi connectivity index (χ1) is 12.5. The molecule has 0 unspecified atom stereocenters. The van der Waals surface area contributed by atoms with Crippen molar-refractivity contribution in [3.8, 4) is 5.75 Å². The van der Waals surface area contributed by atoms with Gasteiger partial charge in [-0.3, -0.25) is 0 Å². The zero-order chi connectivity index (χ0) is 20.1. The molecule has 8 heteroatoms. The molecule has 0 radical (unpaired) electrons. The molecule has 2 aromatic rings. The van der Waals surface area contributed by atoms with Gasteiger partial charge in [-0.25, -0.2) is 4.79 Å². The summed E-state index contributed by atoms with van der Waals surface area (Å²) in [6, 6.07) is 9.79. The SMILES string of the molecule is O=C(O)C=Cc1ccc(C(F)(F)Oc2ccc(CCC(F)(F)F)cc2)cc1. The summed E-state index contributed by atoms with van der Waals surface area (Å²) in [5, 5.41) is 8.53. The van der Waals surface area contributed by atoms with Gasteiger partial charge in [-0.2, -0.15) is 22.0 Å². The molecular weight excluding hydrogens is 371 g/mol. The van der Waals surface area contributed by atoms with E-state index >= 15 is 0 Å². The van der Waals surface area contributed by atoms with Crippen LogP contribution in [0.2, 0.25) is 0 Å². The normalized spacial score (nSPS) is 12.3. The minimum Gasteiger partial charge on any atom is -0.478 e. The molecule has 2 rings (SSSR count). The Labute approximate surface area is 151 Å². The van der Waals surface area contributed by atoms with Crippen LogP contribution in [0.3, 0.4) is 0 Å². The Morgan fingerprint density at radius 1 is 0.963 bits per heavy atom. The smallest absolute Gasteiger partial charge is 0.426 e. The van der Waals surface area contributed by atoms with Crippen LogP contribution in [-0.4, -0.2) is 17.3 Å². The molecule has 0 fully saturated rings. The number of ether oxygens (including phenoxy) is 1. The van der Waals surface area contributed by atoms with Gasteiger partial charge in [-0.15, -0.1) is 0 Å². The van der Waals surface area contributed by atoms with Gasteiger partial charge in [0.15, 0.2) is 0 Å². The van der Waals surface area contributed by atoms with Crippen molar-refractivity contribution >= 4 is 12.0 Å². The van der Waals surface area contributed by atoms with Gasteiger partial charge in [0, 0.05) is 12.5 Å². The molecule has 1 N–H and O–H groups in total. The second-order valence-corrected chi connectivity index (χ2v) is 5.67. The van der Waals surface area contributed by atoms with E-state index in [4.69, 9.17) is 5.11 Å². The summed E-state index contributed by atoms with van der Waals surface area (Å²) in [4.78, 5) is 10.4. The number of hydrogen-bond donors (Lipinski definition) is 1. The minimum atomic E-state index is -4.28. The minimum absolute atomic E-state index is 0.189. The van der Waals surface area contributed by atoms with Crippen LogP contribution < -0.4 is 4.74 Å². The first-order valence-corrected chi connectivity index (χ1v) is 7.79. The number of aliphatic carboxylic acids is 1. The molecule has 0 bridgehead atoms. The van der Waals surface area contributed by atoms with E-state index in [0.717, 1.165) is 18.2 Å². The van der Waals surface area contributed by atoms with E-state index in [0.29, 0.717) is 11.1 Å². The molecule has 0 saturated heterocycles. The van der Waals surface area contributed by atoms with Crippen LogP contribution in [-0.2, 0) is 17.3 Å². The topological polar surface area (TPSA) is 46.5 Å². The van der Waals surface area contributed by atoms with Gasteiger partial charge in [0.2, 0.25) is 0 Å². The lowest BCUT2D eigenvalue weighted by Crippen LogP contribution is -2.21. The number of rotatable bonds is 7. The molecule has 0 spiro atoms. The molecule has 0 aliphatic rings. The Hall–Kier alpha value is -2.90. The predicted octanol–water partition coefficient (Wildman–Crippen LogP) is 5.41. The maximum absolute atomic E-state index is 14.2. The van der Waals surface area contributed by atoms with E-state index in [1.807, 2.05) is 0 Å². The van der Waals surface area contributed by atoms with Crippen molar-refractivity contribution in [2.45, 2.75) is 25.1 Å². The monoisotopic (exact) mass is 386 g/mol. The third-order valence-electron chi connectivity index (χ3n) is 3.53. The molecule has 0 aromatic heterocycles. The van der Waals surface area contributed by atoms with Gasteiger partial charge >= 0.3 is 18.3 Å². The lowest BCUT2D eigenvalue weighted by Gasteiger charge is -2.18. The Kier molecular flexibility index (Phi) is 6.20. The van der Waals surface area contributed by atoms with E-state index in [-0.39, 0.29) is 12.2 Å². The molecule has 144 valence electrons. The number of carboxylic acids is 1. The van der Waals surface area contributed by atoms with Crippen molar-refractivity contribution in [2.75, 3.05) is 0 Å². The molecule has 0 amide bonds. The fourth-order valence-electron chi connectivity index (χ4n) is 2.17. The Bertz CT molecular complexity index is 794. The highest BCUT2D eigenvalue weighted by atomic mass is 19.4. The van der Waals surface area contributed by atoms with Gasteiger partial charge in [0.1, 0.15) is 5.75 Å². The largest absolute Gasteiger partial charge is 0.478 e. The van der Waals surface area contributed by atoms with E-state index < -0.39 is 30.2 Å². The molecule has 0 saturated carbocycles. The van der Waals surface area contributed by atoms with Gasteiger partial charge in [-0.1, -0.05) is 24.3 Å². The summed E-state index contributed by atoms with van der Waals surface area (Å²) in [6.45, 7) is 0. The number of aryl methyl sites for hydroxylation is 1. The highest BCUT2D eigenvalue weighted by Crippen LogP contribution is 2.32. The van der Waals surface area contributed by atoms with E-state index in [2.05, 4.69) is 4.74 Å². The Balaban J connectivity index is 2.03. The van der Waals surface area contributed by atoms with E-state index in [9.17, 15) is 26.7 Å². The average Bonchev–Trinajstić information content (AvgIpc) is 2.59. The van der Waals surface area contributed by atoms with Gasteiger partial charge in [0.25, 0.3) is 0 Å². The van der Waals surface area contributed by atoms with Crippen LogP contribution >= 0.6 is 0 Å². The van der Waals surface area contributed by atoms with Crippen molar-refractivity contribution in [1.82, 2.24) is 0 Å². The summed E-state index contributed by atoms with van der Waals surface area (Å²) in [5.74, 6) is -1.35. The molecule has 2 aromatic carbocycles. The van der Waals surface area contributed by atoms with Gasteiger partial charge in [0.05, 0.1) is 5.56 Å². The summed E-state index contributed by atoms with van der Waals surface area (Å²) < 4.78 is 69.6. The maximum atomic E-state index is 14.2. The number of carboxylic acid groups (broad SMARTS) is 1. The summed E-state index contributed by atoms with van der Waals surface area (Å²) >= 11 is 0. The first kappa shape index (κ1) is 20.4. The van der Waals surface area contributed by atoms with Gasteiger partial charge < -0.3 is 9.84 Å². The third-order valence-corrected chi connectivity index (χ3v) is 3.53. The highest BCUT2D eigenvalue weighted by Gasteiger charge is 2.34. The van der Waals surface area contributed by atoms with Crippen molar-refractivity contribution < 1.29 is 36.6 Å². The number of carbonyl (C=O) groups is 1. The third kappa shape index (κ3) is 6.73. The number of benzene rings is 2. The van der Waals surface area contributed by atoms with Crippen molar-refractivity contribution in [3.63, 3.8) is 0 Å². The molecule has 0 aliphatic carbocycles. The predicted molar refractivity (Wildman–Crippen MR) is 88.5 cm³/mol. The maximum Gasteiger partial charge on any atom is 0.426 e. The zero-order valence-electron chi connectivity index (χ0n) is 13.8. The van der Waals surface area contributed by atoms with Crippen LogP contribution in [0.4, 0.5) is 22.0 Å². The molecular formula is C19H15F5O3. The van der Waals surface area contributed by atoms with E-state index in [1.165, 1.54) is 42.5 Å². The van der Waals surface area contributed by atoms with Crippen molar-refractivity contribution in [3.05, 3.63) is 71.3 Å². The van der Waals surface area contributed by atoms with Crippen molar-refractivity contribution in [1.29, 1.82) is 0 Å². The lowest BCUT2D eigenvalue weighted by molar-refractivity contribution is -0.185. The zero-order valence-corrected chi connectivity index (χ0v) is 13.8. The van der Waals surface area contributed by atoms with Crippen LogP contribution in [0.1, 0.15) is 23.1 Å². The molecule has 0 heterocycles. The molecule has 3 nitrogen and oxygen atoms in total. The summed E-state index contributed by atoms with van der Waals surface area (Å²) in [5.41, 5.74) is 0.333. The second kappa shape index (κ2) is 8.20. The fraction of sp³-hybridized carbons (Fsp3) is 0.211. The number of halogens is 5. The average molecular weight is 386 g/mol. The van der Waals surface area contributed by atoms with E-state index in [1.54, 1.807) is 0 Å². The second-order valence-electron chi connectivity index (χ2n) is 5.67. The standard InChI is InChI=1S/C19H15F5O3/c20-18(21,22)12-11-14-3-8-16(9-4-14)27-19(23,24)15-6-1-13(2-7-15)5-10-17(25)26/h1-10H,11-12H2,(H,25,26). The van der Waals surface area contributed by atoms with Crippen molar-refractivity contribution in [2.24, 2.45) is 0 Å². The highest BCUT2D eigenvalue weighted by molar-refractivity contribution is 5.85. The van der Waals surface area contributed by atoms with Crippen LogP contribution in [0, 0.1) is 0 Å². The summed E-state index contributed by atoms with van der Waals surface area (Å²) in [6.07, 6.45) is -7.05. The fourth-order valence-corrected chi connectivity index (χ4v) is 2.17. The van der Waals surface area contributed by atoms with Gasteiger partial charge in [-0.05, 0) is 47.9 Å². The Morgan fingerprint density at radius 2 is 1.56 bits per heavy atom. The Morgan fingerprint density at radius 3 is 2.07 bits per heavy atom. The molecule has 27 heavy (non-hydrogen) atoms. The number of alkyl halides is 5. The number of hydrogen-bond acceptors (Lipinski definition) is 2. The first-order valence-electron chi connectivity index (χ1n) is 7.79.